The summed E-state index contributed by atoms with van der Waals surface area (Å²) in [7, 11) is 0. The van der Waals surface area contributed by atoms with Crippen LogP contribution in [0.5, 0.6) is 0 Å². The molecule has 78 valence electrons. The van der Waals surface area contributed by atoms with Crippen molar-refractivity contribution < 1.29 is 17.6 Å². The number of hydrogen-bond acceptors (Lipinski definition) is 1. The molecule has 0 aliphatic carbocycles. The molecule has 0 bridgehead atoms. The van der Waals surface area contributed by atoms with E-state index in [2.05, 4.69) is 4.98 Å². The first-order valence-corrected chi connectivity index (χ1v) is 4.02. The molecule has 0 N–H and O–H groups in total. The van der Waals surface area contributed by atoms with Crippen molar-refractivity contribution in [1.29, 1.82) is 0 Å². The molecule has 6 heteroatoms. The van der Waals surface area contributed by atoms with E-state index in [-0.39, 0.29) is 5.69 Å². The fraction of sp³-hybridized carbons (Fsp3) is 0.375. The first kappa shape index (κ1) is 11.2. The summed E-state index contributed by atoms with van der Waals surface area (Å²) in [5, 5.41) is -0.714. The van der Waals surface area contributed by atoms with E-state index in [9.17, 15) is 17.6 Å². The van der Waals surface area contributed by atoms with E-state index in [0.717, 1.165) is 6.92 Å². The van der Waals surface area contributed by atoms with E-state index in [1.54, 1.807) is 0 Å². The van der Waals surface area contributed by atoms with Gasteiger partial charge in [-0.05, 0) is 13.8 Å². The molecule has 0 radical (unpaired) electrons. The molecule has 0 aromatic carbocycles. The third-order valence-electron chi connectivity index (χ3n) is 1.78. The Kier molecular flexibility index (Phi) is 2.71. The number of aromatic nitrogens is 1. The summed E-state index contributed by atoms with van der Waals surface area (Å²) in [6.45, 7) is 2.28. The second-order valence-electron chi connectivity index (χ2n) is 2.80. The lowest BCUT2D eigenvalue weighted by Gasteiger charge is -2.12. The number of alkyl halides is 3. The predicted octanol–water partition coefficient (Wildman–Crippen LogP) is 3.51. The molecule has 0 aliphatic rings. The van der Waals surface area contributed by atoms with Crippen LogP contribution in [0.4, 0.5) is 17.6 Å². The fourth-order valence-corrected chi connectivity index (χ4v) is 1.49. The van der Waals surface area contributed by atoms with Crippen LogP contribution in [-0.4, -0.2) is 4.98 Å². The highest BCUT2D eigenvalue weighted by atomic mass is 35.5. The molecule has 14 heavy (non-hydrogen) atoms. The first-order chi connectivity index (χ1) is 6.25. The van der Waals surface area contributed by atoms with Gasteiger partial charge in [0.05, 0.1) is 11.3 Å². The molecule has 1 rings (SSSR count). The van der Waals surface area contributed by atoms with Gasteiger partial charge in [-0.15, -0.1) is 0 Å². The number of rotatable bonds is 0. The SMILES string of the molecule is Cc1nc(Cl)c(C(F)(F)F)c(C)c1F. The van der Waals surface area contributed by atoms with E-state index in [0.29, 0.717) is 0 Å². The van der Waals surface area contributed by atoms with Gasteiger partial charge in [-0.25, -0.2) is 9.37 Å². The average molecular weight is 228 g/mol. The van der Waals surface area contributed by atoms with Crippen molar-refractivity contribution in [3.05, 3.63) is 27.8 Å². The summed E-state index contributed by atoms with van der Waals surface area (Å²) < 4.78 is 50.1. The highest BCUT2D eigenvalue weighted by Crippen LogP contribution is 2.37. The molecular formula is C8H6ClF4N. The summed E-state index contributed by atoms with van der Waals surface area (Å²) in [4.78, 5) is 3.27. The molecule has 0 fully saturated rings. The molecule has 0 saturated carbocycles. The van der Waals surface area contributed by atoms with Crippen molar-refractivity contribution in [2.24, 2.45) is 0 Å². The van der Waals surface area contributed by atoms with Gasteiger partial charge in [0.25, 0.3) is 0 Å². The molecule has 0 unspecified atom stereocenters. The van der Waals surface area contributed by atoms with E-state index in [1.165, 1.54) is 6.92 Å². The van der Waals surface area contributed by atoms with Gasteiger partial charge >= 0.3 is 6.18 Å². The summed E-state index contributed by atoms with van der Waals surface area (Å²) in [6, 6.07) is 0. The van der Waals surface area contributed by atoms with E-state index in [4.69, 9.17) is 11.6 Å². The summed E-state index contributed by atoms with van der Waals surface area (Å²) in [5.41, 5.74) is -1.86. The summed E-state index contributed by atoms with van der Waals surface area (Å²) in [6.07, 6.45) is -4.68. The Balaban J connectivity index is 3.53. The average Bonchev–Trinajstić information content (AvgIpc) is 1.97. The van der Waals surface area contributed by atoms with E-state index < -0.39 is 28.3 Å². The van der Waals surface area contributed by atoms with E-state index in [1.807, 2.05) is 0 Å². The minimum Gasteiger partial charge on any atom is -0.238 e. The Hall–Kier alpha value is -0.840. The van der Waals surface area contributed by atoms with Crippen LogP contribution in [0.25, 0.3) is 0 Å². The van der Waals surface area contributed by atoms with Gasteiger partial charge in [-0.2, -0.15) is 13.2 Å². The monoisotopic (exact) mass is 227 g/mol. The lowest BCUT2D eigenvalue weighted by atomic mass is 10.1. The van der Waals surface area contributed by atoms with Crippen molar-refractivity contribution >= 4 is 11.6 Å². The molecule has 1 aromatic heterocycles. The Morgan fingerprint density at radius 3 is 2.14 bits per heavy atom. The van der Waals surface area contributed by atoms with Gasteiger partial charge in [-0.1, -0.05) is 11.6 Å². The zero-order chi connectivity index (χ0) is 11.1. The maximum absolute atomic E-state index is 13.1. The minimum absolute atomic E-state index is 0.138. The molecule has 0 atom stereocenters. The minimum atomic E-state index is -4.68. The number of hydrogen-bond donors (Lipinski definition) is 0. The van der Waals surface area contributed by atoms with E-state index >= 15 is 0 Å². The van der Waals surface area contributed by atoms with Gasteiger partial charge in [0.1, 0.15) is 11.0 Å². The van der Waals surface area contributed by atoms with Crippen LogP contribution >= 0.6 is 11.6 Å². The maximum Gasteiger partial charge on any atom is 0.419 e. The maximum atomic E-state index is 13.1. The summed E-state index contributed by atoms with van der Waals surface area (Å²) in [5.74, 6) is -0.971. The van der Waals surface area contributed by atoms with Crippen LogP contribution in [-0.2, 0) is 6.18 Å². The highest BCUT2D eigenvalue weighted by Gasteiger charge is 2.37. The molecule has 0 amide bonds. The Labute approximate surface area is 82.7 Å². The van der Waals surface area contributed by atoms with Crippen LogP contribution in [0, 0.1) is 19.7 Å². The third-order valence-corrected chi connectivity index (χ3v) is 2.05. The zero-order valence-corrected chi connectivity index (χ0v) is 8.09. The van der Waals surface area contributed by atoms with Crippen LogP contribution < -0.4 is 0 Å². The quantitative estimate of drug-likeness (QED) is 0.488. The van der Waals surface area contributed by atoms with Gasteiger partial charge in [0.15, 0.2) is 0 Å². The van der Waals surface area contributed by atoms with Crippen molar-refractivity contribution in [3.63, 3.8) is 0 Å². The zero-order valence-electron chi connectivity index (χ0n) is 7.34. The van der Waals surface area contributed by atoms with Gasteiger partial charge < -0.3 is 0 Å². The van der Waals surface area contributed by atoms with Crippen LogP contribution in [0.2, 0.25) is 5.15 Å². The van der Waals surface area contributed by atoms with Crippen molar-refractivity contribution in [2.45, 2.75) is 20.0 Å². The topological polar surface area (TPSA) is 12.9 Å². The largest absolute Gasteiger partial charge is 0.419 e. The Bertz CT molecular complexity index is 373. The third kappa shape index (κ3) is 1.82. The van der Waals surface area contributed by atoms with Crippen LogP contribution in [0.3, 0.4) is 0 Å². The van der Waals surface area contributed by atoms with Crippen LogP contribution in [0.1, 0.15) is 16.8 Å². The van der Waals surface area contributed by atoms with Gasteiger partial charge in [0, 0.05) is 5.56 Å². The fourth-order valence-electron chi connectivity index (χ4n) is 1.12. The van der Waals surface area contributed by atoms with Crippen molar-refractivity contribution in [1.82, 2.24) is 4.98 Å². The van der Waals surface area contributed by atoms with Crippen molar-refractivity contribution in [2.75, 3.05) is 0 Å². The number of nitrogens with zero attached hydrogens (tertiary/aromatic N) is 1. The highest BCUT2D eigenvalue weighted by molar-refractivity contribution is 6.30. The predicted molar refractivity (Wildman–Crippen MR) is 43.7 cm³/mol. The molecular weight excluding hydrogens is 222 g/mol. The van der Waals surface area contributed by atoms with Crippen LogP contribution in [0.15, 0.2) is 0 Å². The molecule has 1 heterocycles. The second-order valence-corrected chi connectivity index (χ2v) is 3.16. The molecule has 1 aromatic rings. The molecule has 0 aliphatic heterocycles. The lowest BCUT2D eigenvalue weighted by Crippen LogP contribution is -2.12. The number of halogens is 5. The van der Waals surface area contributed by atoms with Crippen molar-refractivity contribution in [3.8, 4) is 0 Å². The smallest absolute Gasteiger partial charge is 0.238 e. The normalized spacial score (nSPS) is 11.9. The number of pyridine rings is 1. The Morgan fingerprint density at radius 1 is 1.21 bits per heavy atom. The van der Waals surface area contributed by atoms with Gasteiger partial charge in [-0.3, -0.25) is 0 Å². The van der Waals surface area contributed by atoms with Gasteiger partial charge in [0.2, 0.25) is 0 Å². The molecule has 0 spiro atoms. The second kappa shape index (κ2) is 3.38. The standard InChI is InChI=1S/C8H6ClF4N/c1-3-5(8(11,12)13)7(9)14-4(2)6(3)10/h1-2H3. The first-order valence-electron chi connectivity index (χ1n) is 3.64. The molecule has 0 saturated heterocycles. The number of aryl methyl sites for hydroxylation is 1. The lowest BCUT2D eigenvalue weighted by molar-refractivity contribution is -0.138. The summed E-state index contributed by atoms with van der Waals surface area (Å²) >= 11 is 5.29. The molecule has 1 nitrogen and oxygen atoms in total. The Morgan fingerprint density at radius 2 is 1.71 bits per heavy atom.